The van der Waals surface area contributed by atoms with E-state index in [-0.39, 0.29) is 26.1 Å². The molecule has 1 heterocycles. The van der Waals surface area contributed by atoms with Crippen LogP contribution < -0.4 is 0 Å². The Labute approximate surface area is 75.7 Å². The second kappa shape index (κ2) is 4.00. The van der Waals surface area contributed by atoms with Gasteiger partial charge in [-0.3, -0.25) is 9.69 Å². The van der Waals surface area contributed by atoms with Crippen molar-refractivity contribution in [3.05, 3.63) is 0 Å². The molecule has 0 radical (unpaired) electrons. The molecule has 0 atom stereocenters. The monoisotopic (exact) mass is 193 g/mol. The minimum absolute atomic E-state index is 0.0244. The minimum Gasteiger partial charge on any atom is -0.465 e. The Bertz CT molecular complexity index is 197. The highest BCUT2D eigenvalue weighted by molar-refractivity contribution is 5.71. The normalized spacial score (nSPS) is 21.8. The van der Waals surface area contributed by atoms with Crippen LogP contribution in [0.15, 0.2) is 0 Å². The Balaban J connectivity index is 2.28. The first kappa shape index (κ1) is 10.4. The maximum absolute atomic E-state index is 12.6. The molecule has 0 unspecified atom stereocenters. The van der Waals surface area contributed by atoms with Crippen LogP contribution in [0.25, 0.3) is 0 Å². The van der Waals surface area contributed by atoms with Crippen LogP contribution in [0.3, 0.4) is 0 Å². The Morgan fingerprint density at radius 1 is 1.62 bits per heavy atom. The van der Waals surface area contributed by atoms with Gasteiger partial charge < -0.3 is 4.74 Å². The van der Waals surface area contributed by atoms with Crippen molar-refractivity contribution in [2.75, 3.05) is 26.2 Å². The van der Waals surface area contributed by atoms with Crippen molar-refractivity contribution in [1.82, 2.24) is 4.90 Å². The second-order valence-corrected chi connectivity index (χ2v) is 3.12. The number of nitrogens with zero attached hydrogens (tertiary/aromatic N) is 1. The molecule has 0 aromatic rings. The van der Waals surface area contributed by atoms with Crippen LogP contribution in [0.5, 0.6) is 0 Å². The van der Waals surface area contributed by atoms with E-state index in [1.54, 1.807) is 6.92 Å². The molecular weight excluding hydrogens is 180 g/mol. The van der Waals surface area contributed by atoms with Gasteiger partial charge in [0.15, 0.2) is 0 Å². The van der Waals surface area contributed by atoms with Crippen molar-refractivity contribution in [2.24, 2.45) is 0 Å². The summed E-state index contributed by atoms with van der Waals surface area (Å²) in [4.78, 5) is 12.3. The van der Waals surface area contributed by atoms with Gasteiger partial charge in [0.05, 0.1) is 19.7 Å². The van der Waals surface area contributed by atoms with Crippen molar-refractivity contribution in [3.8, 4) is 0 Å². The second-order valence-electron chi connectivity index (χ2n) is 3.12. The van der Waals surface area contributed by atoms with Gasteiger partial charge in [-0.05, 0) is 6.92 Å². The fourth-order valence-corrected chi connectivity index (χ4v) is 1.33. The number of rotatable bonds is 3. The van der Waals surface area contributed by atoms with E-state index in [0.717, 1.165) is 0 Å². The summed E-state index contributed by atoms with van der Waals surface area (Å²) < 4.78 is 29.9. The molecule has 0 amide bonds. The first-order chi connectivity index (χ1) is 6.03. The van der Waals surface area contributed by atoms with Crippen molar-refractivity contribution in [3.63, 3.8) is 0 Å². The zero-order valence-electron chi connectivity index (χ0n) is 7.56. The van der Waals surface area contributed by atoms with E-state index in [9.17, 15) is 13.6 Å². The largest absolute Gasteiger partial charge is 0.465 e. The average Bonchev–Trinajstić information content (AvgIpc) is 2.30. The van der Waals surface area contributed by atoms with Gasteiger partial charge in [0.2, 0.25) is 0 Å². The third kappa shape index (κ3) is 3.26. The van der Waals surface area contributed by atoms with Crippen LogP contribution in [0.2, 0.25) is 0 Å². The first-order valence-corrected chi connectivity index (χ1v) is 4.29. The molecule has 5 heteroatoms. The molecule has 0 aliphatic carbocycles. The number of carbonyl (C=O) groups is 1. The fraction of sp³-hybridized carbons (Fsp3) is 0.875. The summed E-state index contributed by atoms with van der Waals surface area (Å²) in [5, 5.41) is 0. The number of hydrogen-bond donors (Lipinski definition) is 0. The number of likely N-dealkylation sites (tertiary alicyclic amines) is 1. The van der Waals surface area contributed by atoms with Gasteiger partial charge in [-0.15, -0.1) is 0 Å². The molecule has 1 aliphatic heterocycles. The summed E-state index contributed by atoms with van der Waals surface area (Å²) in [6, 6.07) is 0. The molecule has 0 N–H and O–H groups in total. The topological polar surface area (TPSA) is 29.5 Å². The van der Waals surface area contributed by atoms with Crippen LogP contribution >= 0.6 is 0 Å². The molecule has 1 rings (SSSR count). The van der Waals surface area contributed by atoms with Gasteiger partial charge in [-0.1, -0.05) is 0 Å². The lowest BCUT2D eigenvalue weighted by Gasteiger charge is -2.13. The predicted octanol–water partition coefficient (Wildman–Crippen LogP) is 0.891. The Hall–Kier alpha value is -0.710. The highest BCUT2D eigenvalue weighted by atomic mass is 19.3. The third-order valence-corrected chi connectivity index (χ3v) is 1.91. The summed E-state index contributed by atoms with van der Waals surface area (Å²) in [5.41, 5.74) is 0. The van der Waals surface area contributed by atoms with Gasteiger partial charge in [0.25, 0.3) is 5.92 Å². The molecule has 0 aromatic carbocycles. The van der Waals surface area contributed by atoms with Crippen molar-refractivity contribution in [2.45, 2.75) is 19.3 Å². The van der Waals surface area contributed by atoms with E-state index in [1.165, 1.54) is 4.90 Å². The number of carbonyl (C=O) groups excluding carboxylic acids is 1. The van der Waals surface area contributed by atoms with E-state index < -0.39 is 11.9 Å². The molecule has 3 nitrogen and oxygen atoms in total. The minimum atomic E-state index is -2.63. The van der Waals surface area contributed by atoms with Gasteiger partial charge in [0, 0.05) is 13.0 Å². The number of esters is 1. The standard InChI is InChI=1S/C8H13F2NO2/c1-2-13-7(12)5-11-4-3-8(9,10)6-11/h2-6H2,1H3. The zero-order valence-corrected chi connectivity index (χ0v) is 7.56. The Kier molecular flexibility index (Phi) is 3.19. The van der Waals surface area contributed by atoms with Crippen molar-refractivity contribution < 1.29 is 18.3 Å². The predicted molar refractivity (Wildman–Crippen MR) is 42.6 cm³/mol. The number of halogens is 2. The van der Waals surface area contributed by atoms with Crippen LogP contribution in [0, 0.1) is 0 Å². The Morgan fingerprint density at radius 3 is 2.77 bits per heavy atom. The smallest absolute Gasteiger partial charge is 0.320 e. The average molecular weight is 193 g/mol. The summed E-state index contributed by atoms with van der Waals surface area (Å²) in [6.07, 6.45) is -0.160. The van der Waals surface area contributed by atoms with Crippen LogP contribution in [0.4, 0.5) is 8.78 Å². The first-order valence-electron chi connectivity index (χ1n) is 4.29. The van der Waals surface area contributed by atoms with E-state index in [0.29, 0.717) is 6.61 Å². The lowest BCUT2D eigenvalue weighted by Crippen LogP contribution is -2.31. The number of ether oxygens (including phenoxy) is 1. The van der Waals surface area contributed by atoms with Gasteiger partial charge in [0.1, 0.15) is 0 Å². The zero-order chi connectivity index (χ0) is 9.90. The highest BCUT2D eigenvalue weighted by Gasteiger charge is 2.38. The molecule has 1 aliphatic rings. The van der Waals surface area contributed by atoms with Crippen LogP contribution in [0.1, 0.15) is 13.3 Å². The third-order valence-electron chi connectivity index (χ3n) is 1.91. The summed E-state index contributed by atoms with van der Waals surface area (Å²) in [7, 11) is 0. The van der Waals surface area contributed by atoms with Gasteiger partial charge in [-0.2, -0.15) is 0 Å². The number of hydrogen-bond acceptors (Lipinski definition) is 3. The van der Waals surface area contributed by atoms with Crippen molar-refractivity contribution in [1.29, 1.82) is 0 Å². The van der Waals surface area contributed by atoms with Gasteiger partial charge >= 0.3 is 5.97 Å². The van der Waals surface area contributed by atoms with Crippen LogP contribution in [-0.2, 0) is 9.53 Å². The molecule has 0 saturated carbocycles. The summed E-state index contributed by atoms with van der Waals surface area (Å²) >= 11 is 0. The van der Waals surface area contributed by atoms with E-state index >= 15 is 0 Å². The molecular formula is C8H13F2NO2. The quantitative estimate of drug-likeness (QED) is 0.623. The van der Waals surface area contributed by atoms with Crippen molar-refractivity contribution >= 4 is 5.97 Å². The molecule has 1 saturated heterocycles. The summed E-state index contributed by atoms with van der Waals surface area (Å²) in [5.74, 6) is -3.06. The SMILES string of the molecule is CCOC(=O)CN1CCC(F)(F)C1. The molecule has 0 bridgehead atoms. The Morgan fingerprint density at radius 2 is 2.31 bits per heavy atom. The molecule has 0 spiro atoms. The van der Waals surface area contributed by atoms with Crippen LogP contribution in [-0.4, -0.2) is 43.0 Å². The van der Waals surface area contributed by atoms with E-state index in [2.05, 4.69) is 4.74 Å². The maximum atomic E-state index is 12.6. The van der Waals surface area contributed by atoms with E-state index in [1.807, 2.05) is 0 Å². The fourth-order valence-electron chi connectivity index (χ4n) is 1.33. The summed E-state index contributed by atoms with van der Waals surface area (Å²) in [6.45, 7) is 1.90. The molecule has 1 fully saturated rings. The number of alkyl halides is 2. The highest BCUT2D eigenvalue weighted by Crippen LogP contribution is 2.26. The maximum Gasteiger partial charge on any atom is 0.320 e. The molecule has 13 heavy (non-hydrogen) atoms. The molecule has 76 valence electrons. The van der Waals surface area contributed by atoms with Gasteiger partial charge in [-0.25, -0.2) is 8.78 Å². The lowest BCUT2D eigenvalue weighted by atomic mass is 10.3. The lowest BCUT2D eigenvalue weighted by molar-refractivity contribution is -0.144. The molecule has 0 aromatic heterocycles. The van der Waals surface area contributed by atoms with E-state index in [4.69, 9.17) is 0 Å².